The number of Topliss-reactive ketones (excluding diaryl/α,β-unsaturated/α-hetero) is 1. The Morgan fingerprint density at radius 3 is 1.72 bits per heavy atom. The van der Waals surface area contributed by atoms with Crippen LogP contribution in [0, 0.1) is 10.8 Å². The third kappa shape index (κ3) is 9.19. The Bertz CT molecular complexity index is 2490. The fraction of sp³-hybridized carbons (Fsp3) is 0.295. The number of aliphatic hydroxyl groups excluding tert-OH is 1. The zero-order valence-corrected chi connectivity index (χ0v) is 33.2. The molecule has 0 saturated carbocycles. The Morgan fingerprint density at radius 2 is 1.19 bits per heavy atom. The Kier molecular flexibility index (Phi) is 11.2. The largest absolute Gasteiger partial charge is 0.387 e. The second kappa shape index (κ2) is 16.2. The van der Waals surface area contributed by atoms with E-state index in [-0.39, 0.29) is 34.3 Å². The third-order valence-electron chi connectivity index (χ3n) is 9.96. The van der Waals surface area contributed by atoms with Crippen molar-refractivity contribution < 1.29 is 9.90 Å². The lowest BCUT2D eigenvalue weighted by molar-refractivity contribution is 0.0993. The highest BCUT2D eigenvalue weighted by atomic mass is 35.5. The number of ketones is 1. The topological polar surface area (TPSA) is 139 Å². The molecule has 12 nitrogen and oxygen atoms in total. The lowest BCUT2D eigenvalue weighted by Gasteiger charge is -2.41. The van der Waals surface area contributed by atoms with Crippen LogP contribution in [0.1, 0.15) is 49.7 Å². The number of nitrogens with zero attached hydrogens (tertiary/aromatic N) is 8. The summed E-state index contributed by atoms with van der Waals surface area (Å²) in [6, 6.07) is 26.9. The summed E-state index contributed by atoms with van der Waals surface area (Å²) < 4.78 is 3.37. The van der Waals surface area contributed by atoms with Gasteiger partial charge in [-0.2, -0.15) is 0 Å². The van der Waals surface area contributed by atoms with Crippen molar-refractivity contribution >= 4 is 29.3 Å². The summed E-state index contributed by atoms with van der Waals surface area (Å²) in [5, 5.41) is 11.3. The van der Waals surface area contributed by atoms with Gasteiger partial charge in [0.15, 0.2) is 5.78 Å². The number of hydrogen-bond donors (Lipinski definition) is 1. The van der Waals surface area contributed by atoms with Crippen molar-refractivity contribution in [2.24, 2.45) is 10.8 Å². The number of halogens is 1. The fourth-order valence-corrected chi connectivity index (χ4v) is 7.62. The molecule has 1 N–H and O–H groups in total. The maximum absolute atomic E-state index is 12.9. The molecule has 0 spiro atoms. The molecule has 0 aliphatic carbocycles. The average Bonchev–Trinajstić information content (AvgIpc) is 3.19. The van der Waals surface area contributed by atoms with Crippen molar-refractivity contribution in [3.63, 3.8) is 0 Å². The van der Waals surface area contributed by atoms with Crippen LogP contribution >= 0.6 is 11.6 Å². The summed E-state index contributed by atoms with van der Waals surface area (Å²) in [7, 11) is 0. The maximum atomic E-state index is 12.9. The van der Waals surface area contributed by atoms with Crippen molar-refractivity contribution in [2.75, 3.05) is 36.0 Å². The van der Waals surface area contributed by atoms with Gasteiger partial charge in [0.1, 0.15) is 0 Å². The number of carbonyl (C=O) groups is 1. The molecule has 2 aliphatic rings. The van der Waals surface area contributed by atoms with Gasteiger partial charge >= 0.3 is 0 Å². The first kappa shape index (κ1) is 39.3. The number of benzene rings is 2. The quantitative estimate of drug-likeness (QED) is 0.169. The highest BCUT2D eigenvalue weighted by molar-refractivity contribution is 6.31. The van der Waals surface area contributed by atoms with Crippen LogP contribution < -0.4 is 20.9 Å². The number of rotatable bonds is 8. The average molecular weight is 785 g/mol. The van der Waals surface area contributed by atoms with Crippen molar-refractivity contribution in [3.8, 4) is 22.5 Å². The van der Waals surface area contributed by atoms with Crippen molar-refractivity contribution in [1.29, 1.82) is 0 Å². The number of carbonyl (C=O) groups excluding carboxylic acids is 1. The summed E-state index contributed by atoms with van der Waals surface area (Å²) >= 11 is 6.04. The molecule has 0 fully saturated rings. The molecule has 2 aromatic carbocycles. The van der Waals surface area contributed by atoms with Crippen molar-refractivity contribution in [2.45, 2.75) is 46.9 Å². The highest BCUT2D eigenvalue weighted by Crippen LogP contribution is 2.33. The minimum Gasteiger partial charge on any atom is -0.387 e. The monoisotopic (exact) mass is 784 g/mol. The van der Waals surface area contributed by atoms with E-state index in [1.165, 1.54) is 6.07 Å². The van der Waals surface area contributed by atoms with Crippen molar-refractivity contribution in [3.05, 3.63) is 153 Å². The third-order valence-corrected chi connectivity index (χ3v) is 10.2. The van der Waals surface area contributed by atoms with Crippen LogP contribution in [0.15, 0.2) is 125 Å². The molecule has 6 aromatic rings. The molecular weight excluding hydrogens is 740 g/mol. The van der Waals surface area contributed by atoms with E-state index in [0.717, 1.165) is 16.7 Å². The van der Waals surface area contributed by atoms with E-state index < -0.39 is 6.10 Å². The minimum atomic E-state index is -0.662. The van der Waals surface area contributed by atoms with Crippen LogP contribution in [-0.4, -0.2) is 66.1 Å². The molecule has 0 amide bonds. The second-order valence-electron chi connectivity index (χ2n) is 16.1. The van der Waals surface area contributed by atoms with Crippen molar-refractivity contribution in [1.82, 2.24) is 29.1 Å². The maximum Gasteiger partial charge on any atom is 0.255 e. The van der Waals surface area contributed by atoms with E-state index in [1.54, 1.807) is 64.3 Å². The molecule has 0 unspecified atom stereocenters. The van der Waals surface area contributed by atoms with E-state index >= 15 is 0 Å². The Hall–Kier alpha value is -5.98. The SMILES string of the molecule is CC1(C)CN(CC(=O)c2cccc(Cl)c2)c2nc(-c3ccncc3)cc(=O)n2C1.CC1(C)CN(C[C@@H](O)c2ccccc2)c2nc(-c3ccncc3)cc(=O)n2C1. The second-order valence-corrected chi connectivity index (χ2v) is 16.6. The number of aromatic nitrogens is 6. The first-order valence-electron chi connectivity index (χ1n) is 18.8. The van der Waals surface area contributed by atoms with Gasteiger partial charge in [-0.25, -0.2) is 9.97 Å². The highest BCUT2D eigenvalue weighted by Gasteiger charge is 2.35. The van der Waals surface area contributed by atoms with Gasteiger partial charge in [0.25, 0.3) is 11.1 Å². The van der Waals surface area contributed by atoms with Gasteiger partial charge in [-0.05, 0) is 42.0 Å². The predicted molar refractivity (Wildman–Crippen MR) is 223 cm³/mol. The molecule has 13 heteroatoms. The van der Waals surface area contributed by atoms with Crippen LogP contribution in [0.25, 0.3) is 22.5 Å². The van der Waals surface area contributed by atoms with E-state index in [2.05, 4.69) is 37.7 Å². The molecule has 0 bridgehead atoms. The van der Waals surface area contributed by atoms with E-state index in [0.29, 0.717) is 66.6 Å². The van der Waals surface area contributed by atoms with E-state index in [9.17, 15) is 19.5 Å². The number of β-amino-alcohol motifs (C(OH)–C–C–N with tert-alkyl or cyclic N) is 1. The van der Waals surface area contributed by atoms with Gasteiger partial charge in [0, 0.05) is 95.6 Å². The summed E-state index contributed by atoms with van der Waals surface area (Å²) in [6.07, 6.45) is 6.04. The number of anilines is 2. The molecule has 6 heterocycles. The summed E-state index contributed by atoms with van der Waals surface area (Å²) in [5.41, 5.74) is 3.76. The smallest absolute Gasteiger partial charge is 0.255 e. The molecule has 1 atom stereocenters. The zero-order chi connectivity index (χ0) is 40.3. The normalized spacial score (nSPS) is 15.8. The molecule has 4 aromatic heterocycles. The van der Waals surface area contributed by atoms with Crippen LogP contribution in [0.3, 0.4) is 0 Å². The molecule has 57 heavy (non-hydrogen) atoms. The van der Waals surface area contributed by atoms with Crippen LogP contribution in [0.2, 0.25) is 5.02 Å². The molecule has 2 aliphatic heterocycles. The molecule has 292 valence electrons. The van der Waals surface area contributed by atoms with Gasteiger partial charge < -0.3 is 14.9 Å². The van der Waals surface area contributed by atoms with Gasteiger partial charge in [-0.3, -0.25) is 33.5 Å². The fourth-order valence-electron chi connectivity index (χ4n) is 7.43. The Morgan fingerprint density at radius 1 is 0.684 bits per heavy atom. The number of hydrogen-bond acceptors (Lipinski definition) is 10. The first-order valence-corrected chi connectivity index (χ1v) is 19.2. The minimum absolute atomic E-state index is 0.0692. The standard InChI is InChI=1S/C22H21ClN4O2.C22H24N4O2/c1-22(2)13-26(12-19(28)16-4-3-5-17(23)10-16)21-25-18(11-20(29)27(21)14-22)15-6-8-24-9-7-15;1-22(2)14-25(13-19(27)17-6-4-3-5-7-17)21-24-18(12-20(28)26(21)15-22)16-8-10-23-11-9-16/h3-11H,12-14H2,1-2H3;3-12,19,27H,13-15H2,1-2H3/t;19-/m.1/s1. The number of fused-ring (bicyclic) bond motifs is 2. The lowest BCUT2D eigenvalue weighted by atomic mass is 9.90. The predicted octanol–water partition coefficient (Wildman–Crippen LogP) is 6.57. The Balaban J connectivity index is 0.000000174. The van der Waals surface area contributed by atoms with Gasteiger partial charge in [0.2, 0.25) is 11.9 Å². The number of pyridine rings is 2. The van der Waals surface area contributed by atoms with Gasteiger partial charge in [0.05, 0.1) is 30.6 Å². The van der Waals surface area contributed by atoms with Crippen LogP contribution in [0.4, 0.5) is 11.9 Å². The zero-order valence-electron chi connectivity index (χ0n) is 32.4. The summed E-state index contributed by atoms with van der Waals surface area (Å²) in [6.45, 7) is 11.4. The van der Waals surface area contributed by atoms with Gasteiger partial charge in [-0.1, -0.05) is 81.8 Å². The van der Waals surface area contributed by atoms with Gasteiger partial charge in [-0.15, -0.1) is 0 Å². The van der Waals surface area contributed by atoms with Crippen LogP contribution in [0.5, 0.6) is 0 Å². The summed E-state index contributed by atoms with van der Waals surface area (Å²) in [5.74, 6) is 1.05. The lowest BCUT2D eigenvalue weighted by Crippen LogP contribution is -2.49. The summed E-state index contributed by atoms with van der Waals surface area (Å²) in [4.78, 5) is 60.1. The molecule has 0 radical (unpaired) electrons. The molecule has 8 rings (SSSR count). The van der Waals surface area contributed by atoms with E-state index in [4.69, 9.17) is 21.6 Å². The molecular formula is C44H45ClN8O4. The molecule has 0 saturated heterocycles. The number of aliphatic hydroxyl groups is 1. The van der Waals surface area contributed by atoms with E-state index in [1.807, 2.05) is 64.4 Å². The van der Waals surface area contributed by atoms with Crippen LogP contribution in [-0.2, 0) is 13.1 Å². The Labute approximate surface area is 336 Å². The first-order chi connectivity index (χ1) is 27.2.